The highest BCUT2D eigenvalue weighted by Crippen LogP contribution is 2.30. The molecule has 0 saturated heterocycles. The molecule has 29 heavy (non-hydrogen) atoms. The Hall–Kier alpha value is -3.50. The predicted molar refractivity (Wildman–Crippen MR) is 117 cm³/mol. The minimum Gasteiger partial charge on any atom is -0.508 e. The molecular weight excluding hydrogens is 384 g/mol. The van der Waals surface area contributed by atoms with Gasteiger partial charge in [0.05, 0.1) is 0 Å². The van der Waals surface area contributed by atoms with Crippen LogP contribution in [0.1, 0.15) is 5.56 Å². The zero-order valence-electron chi connectivity index (χ0n) is 15.5. The van der Waals surface area contributed by atoms with Crippen LogP contribution in [0.15, 0.2) is 85.1 Å². The molecular formula is C24H19ClN2O2. The third-order valence-corrected chi connectivity index (χ3v) is 5.01. The molecule has 0 saturated carbocycles. The molecule has 0 amide bonds. The van der Waals surface area contributed by atoms with Crippen LogP contribution >= 0.6 is 11.6 Å². The number of nitrogens with two attached hydrogens (primary N) is 1. The predicted octanol–water partition coefficient (Wildman–Crippen LogP) is 5.94. The van der Waals surface area contributed by atoms with Crippen LogP contribution in [-0.4, -0.2) is 10.1 Å². The monoisotopic (exact) mass is 402 g/mol. The van der Waals surface area contributed by atoms with Crippen molar-refractivity contribution in [3.63, 3.8) is 0 Å². The van der Waals surface area contributed by atoms with E-state index in [2.05, 4.69) is 4.98 Å². The summed E-state index contributed by atoms with van der Waals surface area (Å²) in [7, 11) is 0. The van der Waals surface area contributed by atoms with Crippen molar-refractivity contribution in [1.82, 2.24) is 4.98 Å². The third-order valence-electron chi connectivity index (χ3n) is 4.64. The van der Waals surface area contributed by atoms with Crippen molar-refractivity contribution >= 4 is 17.4 Å². The number of anilines is 1. The molecule has 0 spiro atoms. The number of pyridine rings is 1. The summed E-state index contributed by atoms with van der Waals surface area (Å²) in [6, 6.07) is 24.6. The lowest BCUT2D eigenvalue weighted by Gasteiger charge is -2.11. The standard InChI is InChI=1S/C24H19ClN2O2/c25-22-4-2-1-3-19(22)15-29-23-13-20(14-27-24(23)26)18-7-5-16(6-8-18)17-9-11-21(28)12-10-17/h1-14,28H,15H2,(H2,26,27). The second-order valence-corrected chi connectivity index (χ2v) is 7.02. The largest absolute Gasteiger partial charge is 0.508 e. The van der Waals surface area contributed by atoms with E-state index in [1.807, 2.05) is 66.7 Å². The number of halogens is 1. The SMILES string of the molecule is Nc1ncc(-c2ccc(-c3ccc(O)cc3)cc2)cc1OCc1ccccc1Cl. The van der Waals surface area contributed by atoms with Crippen LogP contribution in [0.3, 0.4) is 0 Å². The first-order chi connectivity index (χ1) is 14.1. The summed E-state index contributed by atoms with van der Waals surface area (Å²) < 4.78 is 5.87. The first-order valence-electron chi connectivity index (χ1n) is 9.12. The fourth-order valence-corrected chi connectivity index (χ4v) is 3.20. The van der Waals surface area contributed by atoms with Crippen molar-refractivity contribution < 1.29 is 9.84 Å². The number of nitrogen functional groups attached to an aromatic ring is 1. The van der Waals surface area contributed by atoms with E-state index in [1.54, 1.807) is 18.3 Å². The van der Waals surface area contributed by atoms with Gasteiger partial charge in [0.1, 0.15) is 12.4 Å². The molecule has 0 aliphatic carbocycles. The van der Waals surface area contributed by atoms with Gasteiger partial charge < -0.3 is 15.6 Å². The fraction of sp³-hybridized carbons (Fsp3) is 0.0417. The number of rotatable bonds is 5. The highest BCUT2D eigenvalue weighted by Gasteiger charge is 2.08. The van der Waals surface area contributed by atoms with E-state index in [4.69, 9.17) is 22.1 Å². The Balaban J connectivity index is 1.55. The maximum Gasteiger partial charge on any atom is 0.166 e. The highest BCUT2D eigenvalue weighted by atomic mass is 35.5. The van der Waals surface area contributed by atoms with E-state index in [9.17, 15) is 5.11 Å². The summed E-state index contributed by atoms with van der Waals surface area (Å²) in [6.45, 7) is 0.314. The lowest BCUT2D eigenvalue weighted by atomic mass is 10.0. The van der Waals surface area contributed by atoms with E-state index in [0.717, 1.165) is 27.8 Å². The van der Waals surface area contributed by atoms with Gasteiger partial charge in [0.15, 0.2) is 11.6 Å². The summed E-state index contributed by atoms with van der Waals surface area (Å²) in [6.07, 6.45) is 1.73. The van der Waals surface area contributed by atoms with Crippen LogP contribution in [-0.2, 0) is 6.61 Å². The van der Waals surface area contributed by atoms with Crippen LogP contribution < -0.4 is 10.5 Å². The van der Waals surface area contributed by atoms with Crippen molar-refractivity contribution in [2.75, 3.05) is 5.73 Å². The minimum atomic E-state index is 0.252. The van der Waals surface area contributed by atoms with Crippen LogP contribution in [0.25, 0.3) is 22.3 Å². The molecule has 0 aliphatic heterocycles. The summed E-state index contributed by atoms with van der Waals surface area (Å²) in [5.74, 6) is 1.11. The maximum atomic E-state index is 9.44. The van der Waals surface area contributed by atoms with Crippen molar-refractivity contribution in [3.05, 3.63) is 95.6 Å². The summed E-state index contributed by atoms with van der Waals surface area (Å²) in [5, 5.41) is 10.1. The molecule has 4 aromatic rings. The summed E-state index contributed by atoms with van der Waals surface area (Å²) >= 11 is 6.19. The maximum absolute atomic E-state index is 9.44. The quantitative estimate of drug-likeness (QED) is 0.433. The Morgan fingerprint density at radius 1 is 0.828 bits per heavy atom. The van der Waals surface area contributed by atoms with Gasteiger partial charge >= 0.3 is 0 Å². The molecule has 0 atom stereocenters. The zero-order chi connectivity index (χ0) is 20.2. The number of hydrogen-bond acceptors (Lipinski definition) is 4. The van der Waals surface area contributed by atoms with E-state index in [1.165, 1.54) is 0 Å². The Kier molecular flexibility index (Phi) is 5.36. The molecule has 1 heterocycles. The molecule has 0 fully saturated rings. The second-order valence-electron chi connectivity index (χ2n) is 6.61. The number of aromatic hydroxyl groups is 1. The van der Waals surface area contributed by atoms with Crippen LogP contribution in [0.4, 0.5) is 5.82 Å². The van der Waals surface area contributed by atoms with Gasteiger partial charge in [-0.25, -0.2) is 4.98 Å². The molecule has 3 aromatic carbocycles. The highest BCUT2D eigenvalue weighted by molar-refractivity contribution is 6.31. The lowest BCUT2D eigenvalue weighted by Crippen LogP contribution is -2.01. The summed E-state index contributed by atoms with van der Waals surface area (Å²) in [4.78, 5) is 4.27. The molecule has 0 radical (unpaired) electrons. The number of benzene rings is 3. The van der Waals surface area contributed by atoms with Crippen molar-refractivity contribution in [2.24, 2.45) is 0 Å². The lowest BCUT2D eigenvalue weighted by molar-refractivity contribution is 0.307. The van der Waals surface area contributed by atoms with Gasteiger partial charge in [-0.1, -0.05) is 66.2 Å². The van der Waals surface area contributed by atoms with Gasteiger partial charge in [0, 0.05) is 22.3 Å². The number of aromatic nitrogens is 1. The normalized spacial score (nSPS) is 10.7. The number of phenolic OH excluding ortho intramolecular Hbond substituents is 1. The minimum absolute atomic E-state index is 0.252. The Morgan fingerprint density at radius 2 is 1.41 bits per heavy atom. The third kappa shape index (κ3) is 4.33. The van der Waals surface area contributed by atoms with E-state index in [0.29, 0.717) is 23.2 Å². The number of hydrogen-bond donors (Lipinski definition) is 2. The van der Waals surface area contributed by atoms with Crippen molar-refractivity contribution in [3.8, 4) is 33.8 Å². The van der Waals surface area contributed by atoms with Gasteiger partial charge in [-0.15, -0.1) is 0 Å². The molecule has 4 rings (SSSR count). The van der Waals surface area contributed by atoms with E-state index < -0.39 is 0 Å². The van der Waals surface area contributed by atoms with Gasteiger partial charge in [-0.3, -0.25) is 0 Å². The van der Waals surface area contributed by atoms with Gasteiger partial charge in [-0.2, -0.15) is 0 Å². The molecule has 3 N–H and O–H groups in total. The molecule has 0 unspecified atom stereocenters. The molecule has 4 nitrogen and oxygen atoms in total. The van der Waals surface area contributed by atoms with E-state index in [-0.39, 0.29) is 5.75 Å². The second kappa shape index (κ2) is 8.25. The number of nitrogens with zero attached hydrogens (tertiary/aromatic N) is 1. The molecule has 0 bridgehead atoms. The van der Waals surface area contributed by atoms with Crippen molar-refractivity contribution in [1.29, 1.82) is 0 Å². The van der Waals surface area contributed by atoms with Gasteiger partial charge in [-0.05, 0) is 41.0 Å². The Morgan fingerprint density at radius 3 is 2.07 bits per heavy atom. The number of ether oxygens (including phenoxy) is 1. The average molecular weight is 403 g/mol. The molecule has 0 aliphatic rings. The zero-order valence-corrected chi connectivity index (χ0v) is 16.3. The molecule has 5 heteroatoms. The first kappa shape index (κ1) is 18.8. The number of phenols is 1. The van der Waals surface area contributed by atoms with Gasteiger partial charge in [0.25, 0.3) is 0 Å². The van der Waals surface area contributed by atoms with Crippen LogP contribution in [0.5, 0.6) is 11.5 Å². The molecule has 1 aromatic heterocycles. The first-order valence-corrected chi connectivity index (χ1v) is 9.49. The van der Waals surface area contributed by atoms with Crippen LogP contribution in [0, 0.1) is 0 Å². The topological polar surface area (TPSA) is 68.4 Å². The van der Waals surface area contributed by atoms with Crippen molar-refractivity contribution in [2.45, 2.75) is 6.61 Å². The smallest absolute Gasteiger partial charge is 0.166 e. The fourth-order valence-electron chi connectivity index (χ4n) is 3.01. The Labute approximate surface area is 174 Å². The van der Waals surface area contributed by atoms with Gasteiger partial charge in [0.2, 0.25) is 0 Å². The Bertz CT molecular complexity index is 1130. The van der Waals surface area contributed by atoms with Crippen LogP contribution in [0.2, 0.25) is 5.02 Å². The molecule has 144 valence electrons. The van der Waals surface area contributed by atoms with E-state index >= 15 is 0 Å². The average Bonchev–Trinajstić information content (AvgIpc) is 2.75. The summed E-state index contributed by atoms with van der Waals surface area (Å²) in [5.41, 5.74) is 10.9.